The van der Waals surface area contributed by atoms with Crippen LogP contribution in [0, 0.1) is 0 Å². The van der Waals surface area contributed by atoms with Crippen molar-refractivity contribution in [3.63, 3.8) is 0 Å². The number of aryl methyl sites for hydroxylation is 1. The number of carbonyl (C=O) groups excluding carboxylic acids is 1. The highest BCUT2D eigenvalue weighted by Crippen LogP contribution is 2.16. The van der Waals surface area contributed by atoms with Gasteiger partial charge in [0.15, 0.2) is 0 Å². The third kappa shape index (κ3) is 2.49. The van der Waals surface area contributed by atoms with Crippen LogP contribution in [0.25, 0.3) is 0 Å². The number of aromatic amines is 1. The highest BCUT2D eigenvalue weighted by molar-refractivity contribution is 7.14. The van der Waals surface area contributed by atoms with Gasteiger partial charge in [0.25, 0.3) is 5.91 Å². The van der Waals surface area contributed by atoms with Gasteiger partial charge in [0.05, 0.1) is 17.1 Å². The van der Waals surface area contributed by atoms with Crippen molar-refractivity contribution in [2.75, 3.05) is 0 Å². The number of nitrogens with one attached hydrogen (secondary N) is 2. The van der Waals surface area contributed by atoms with E-state index in [1.807, 2.05) is 18.2 Å². The normalized spacial score (nSPS) is 10.3. The van der Waals surface area contributed by atoms with E-state index in [4.69, 9.17) is 0 Å². The summed E-state index contributed by atoms with van der Waals surface area (Å²) in [6, 6.07) is 5.70. The number of amides is 1. The first kappa shape index (κ1) is 10.9. The Hall–Kier alpha value is -1.62. The first-order valence-corrected chi connectivity index (χ1v) is 5.96. The van der Waals surface area contributed by atoms with Crippen molar-refractivity contribution in [2.45, 2.75) is 19.9 Å². The molecule has 0 bridgehead atoms. The molecule has 5 heteroatoms. The topological polar surface area (TPSA) is 57.8 Å². The van der Waals surface area contributed by atoms with Crippen LogP contribution < -0.4 is 5.32 Å². The van der Waals surface area contributed by atoms with Crippen LogP contribution in [0.2, 0.25) is 0 Å². The van der Waals surface area contributed by atoms with Gasteiger partial charge in [0, 0.05) is 11.1 Å². The minimum Gasteiger partial charge on any atom is -0.346 e. The van der Waals surface area contributed by atoms with Gasteiger partial charge in [-0.25, -0.2) is 0 Å². The molecule has 1 amide bonds. The lowest BCUT2D eigenvalue weighted by Crippen LogP contribution is -2.21. The summed E-state index contributed by atoms with van der Waals surface area (Å²) in [5.74, 6) is -0.0284. The lowest BCUT2D eigenvalue weighted by molar-refractivity contribution is 0.0954. The van der Waals surface area contributed by atoms with E-state index in [1.54, 1.807) is 17.5 Å². The summed E-state index contributed by atoms with van der Waals surface area (Å²) in [7, 11) is 0. The van der Waals surface area contributed by atoms with Crippen molar-refractivity contribution >= 4 is 17.2 Å². The van der Waals surface area contributed by atoms with Crippen LogP contribution in [0.3, 0.4) is 0 Å². The standard InChI is InChI=1S/C11H13N3OS/c1-2-9-3-4-10(16-9)11(15)12-7-8-5-6-13-14-8/h3-6H,2,7H2,1H3,(H,12,15)(H,13,14). The summed E-state index contributed by atoms with van der Waals surface area (Å²) in [6.45, 7) is 2.57. The molecule has 0 aliphatic rings. The molecule has 0 spiro atoms. The van der Waals surface area contributed by atoms with Crippen LogP contribution in [-0.4, -0.2) is 16.1 Å². The Morgan fingerprint density at radius 3 is 3.00 bits per heavy atom. The molecule has 0 aliphatic heterocycles. The number of hydrogen-bond donors (Lipinski definition) is 2. The van der Waals surface area contributed by atoms with Crippen molar-refractivity contribution in [2.24, 2.45) is 0 Å². The first-order chi connectivity index (χ1) is 7.79. The Morgan fingerprint density at radius 2 is 2.38 bits per heavy atom. The third-order valence-electron chi connectivity index (χ3n) is 2.23. The van der Waals surface area contributed by atoms with Crippen LogP contribution in [0.5, 0.6) is 0 Å². The predicted octanol–water partition coefficient (Wildman–Crippen LogP) is 1.96. The summed E-state index contributed by atoms with van der Waals surface area (Å²) < 4.78 is 0. The van der Waals surface area contributed by atoms with Crippen molar-refractivity contribution in [3.8, 4) is 0 Å². The fraction of sp³-hybridized carbons (Fsp3) is 0.273. The molecule has 2 N–H and O–H groups in total. The summed E-state index contributed by atoms with van der Waals surface area (Å²) in [4.78, 5) is 13.7. The molecule has 0 saturated heterocycles. The molecular formula is C11H13N3OS. The van der Waals surface area contributed by atoms with Crippen molar-refractivity contribution in [1.29, 1.82) is 0 Å². The molecule has 0 aliphatic carbocycles. The van der Waals surface area contributed by atoms with Gasteiger partial charge in [-0.2, -0.15) is 5.10 Å². The lowest BCUT2D eigenvalue weighted by atomic mass is 10.3. The quantitative estimate of drug-likeness (QED) is 0.851. The minimum absolute atomic E-state index is 0.0284. The number of H-pyrrole nitrogens is 1. The van der Waals surface area contributed by atoms with Crippen molar-refractivity contribution in [3.05, 3.63) is 39.8 Å². The van der Waals surface area contributed by atoms with E-state index in [9.17, 15) is 4.79 Å². The average molecular weight is 235 g/mol. The Balaban J connectivity index is 1.93. The number of aromatic nitrogens is 2. The molecule has 2 heterocycles. The maximum absolute atomic E-state index is 11.7. The van der Waals surface area contributed by atoms with Crippen LogP contribution in [0.15, 0.2) is 24.4 Å². The zero-order chi connectivity index (χ0) is 11.4. The van der Waals surface area contributed by atoms with E-state index in [0.717, 1.165) is 17.0 Å². The molecule has 2 aromatic rings. The highest BCUT2D eigenvalue weighted by Gasteiger charge is 2.08. The second kappa shape index (κ2) is 4.94. The van der Waals surface area contributed by atoms with Gasteiger partial charge in [-0.1, -0.05) is 6.92 Å². The molecule has 0 unspecified atom stereocenters. The predicted molar refractivity (Wildman–Crippen MR) is 63.5 cm³/mol. The molecule has 0 fully saturated rings. The van der Waals surface area contributed by atoms with Crippen molar-refractivity contribution < 1.29 is 4.79 Å². The maximum atomic E-state index is 11.7. The monoisotopic (exact) mass is 235 g/mol. The molecule has 0 atom stereocenters. The van der Waals surface area contributed by atoms with Gasteiger partial charge < -0.3 is 5.32 Å². The Bertz CT molecular complexity index is 461. The zero-order valence-corrected chi connectivity index (χ0v) is 9.80. The van der Waals surface area contributed by atoms with Crippen LogP contribution in [0.1, 0.15) is 27.2 Å². The van der Waals surface area contributed by atoms with Crippen LogP contribution in [-0.2, 0) is 13.0 Å². The number of rotatable bonds is 4. The SMILES string of the molecule is CCc1ccc(C(=O)NCc2ccn[nH]2)s1. The van der Waals surface area contributed by atoms with E-state index in [2.05, 4.69) is 22.4 Å². The Kier molecular flexibility index (Phi) is 3.36. The molecular weight excluding hydrogens is 222 g/mol. The average Bonchev–Trinajstić information content (AvgIpc) is 2.96. The summed E-state index contributed by atoms with van der Waals surface area (Å²) in [6.07, 6.45) is 2.64. The second-order valence-electron chi connectivity index (χ2n) is 3.38. The van der Waals surface area contributed by atoms with Gasteiger partial charge in [0.2, 0.25) is 0 Å². The number of carbonyl (C=O) groups is 1. The minimum atomic E-state index is -0.0284. The number of thiophene rings is 1. The summed E-state index contributed by atoms with van der Waals surface area (Å²) >= 11 is 1.54. The number of nitrogens with zero attached hydrogens (tertiary/aromatic N) is 1. The van der Waals surface area contributed by atoms with Gasteiger partial charge in [-0.3, -0.25) is 9.89 Å². The summed E-state index contributed by atoms with van der Waals surface area (Å²) in [5, 5.41) is 9.45. The van der Waals surface area contributed by atoms with Gasteiger partial charge in [-0.15, -0.1) is 11.3 Å². The molecule has 0 radical (unpaired) electrons. The van der Waals surface area contributed by atoms with E-state index in [1.165, 1.54) is 4.88 Å². The van der Waals surface area contributed by atoms with E-state index in [-0.39, 0.29) is 5.91 Å². The molecule has 0 saturated carbocycles. The fourth-order valence-electron chi connectivity index (χ4n) is 1.34. The van der Waals surface area contributed by atoms with E-state index >= 15 is 0 Å². The van der Waals surface area contributed by atoms with E-state index in [0.29, 0.717) is 6.54 Å². The largest absolute Gasteiger partial charge is 0.346 e. The van der Waals surface area contributed by atoms with Crippen LogP contribution in [0.4, 0.5) is 0 Å². The van der Waals surface area contributed by atoms with Crippen LogP contribution >= 0.6 is 11.3 Å². The fourth-order valence-corrected chi connectivity index (χ4v) is 2.20. The van der Waals surface area contributed by atoms with E-state index < -0.39 is 0 Å². The first-order valence-electron chi connectivity index (χ1n) is 5.14. The smallest absolute Gasteiger partial charge is 0.261 e. The third-order valence-corrected chi connectivity index (χ3v) is 3.46. The maximum Gasteiger partial charge on any atom is 0.261 e. The number of hydrogen-bond acceptors (Lipinski definition) is 3. The van der Waals surface area contributed by atoms with Gasteiger partial charge >= 0.3 is 0 Å². The Morgan fingerprint density at radius 1 is 1.50 bits per heavy atom. The second-order valence-corrected chi connectivity index (χ2v) is 4.55. The molecule has 84 valence electrons. The van der Waals surface area contributed by atoms with Gasteiger partial charge in [-0.05, 0) is 24.6 Å². The molecule has 4 nitrogen and oxygen atoms in total. The Labute approximate surface area is 97.7 Å². The lowest BCUT2D eigenvalue weighted by Gasteiger charge is -2.00. The molecule has 16 heavy (non-hydrogen) atoms. The zero-order valence-electron chi connectivity index (χ0n) is 8.99. The molecule has 2 aromatic heterocycles. The highest BCUT2D eigenvalue weighted by atomic mass is 32.1. The molecule has 2 rings (SSSR count). The molecule has 0 aromatic carbocycles. The summed E-state index contributed by atoms with van der Waals surface area (Å²) in [5.41, 5.74) is 0.903. The van der Waals surface area contributed by atoms with Crippen molar-refractivity contribution in [1.82, 2.24) is 15.5 Å². The van der Waals surface area contributed by atoms with Gasteiger partial charge in [0.1, 0.15) is 0 Å².